The van der Waals surface area contributed by atoms with Gasteiger partial charge in [0.25, 0.3) is 0 Å². The third-order valence-corrected chi connectivity index (χ3v) is 3.89. The van der Waals surface area contributed by atoms with Crippen molar-refractivity contribution in [1.82, 2.24) is 15.3 Å². The Balaban J connectivity index is 1.94. The lowest BCUT2D eigenvalue weighted by Crippen LogP contribution is -2.18. The molecular weight excluding hydrogens is 230 g/mol. The van der Waals surface area contributed by atoms with E-state index >= 15 is 0 Å². The maximum atomic E-state index is 4.52. The first-order valence-electron chi connectivity index (χ1n) is 5.73. The van der Waals surface area contributed by atoms with Gasteiger partial charge in [-0.2, -0.15) is 0 Å². The van der Waals surface area contributed by atoms with Crippen molar-refractivity contribution in [2.75, 3.05) is 0 Å². The molecule has 0 aliphatic rings. The Labute approximate surface area is 106 Å². The van der Waals surface area contributed by atoms with E-state index in [1.54, 1.807) is 17.5 Å². The maximum absolute atomic E-state index is 4.52. The molecule has 0 aliphatic heterocycles. The highest BCUT2D eigenvalue weighted by molar-refractivity contribution is 7.11. The van der Waals surface area contributed by atoms with Crippen LogP contribution in [0.2, 0.25) is 0 Å². The summed E-state index contributed by atoms with van der Waals surface area (Å²) in [6, 6.07) is 4.35. The molecule has 0 unspecified atom stereocenters. The van der Waals surface area contributed by atoms with Gasteiger partial charge in [0.05, 0.1) is 5.69 Å². The average Bonchev–Trinajstić information content (AvgIpc) is 2.67. The van der Waals surface area contributed by atoms with Crippen LogP contribution in [0.4, 0.5) is 0 Å². The molecule has 2 rings (SSSR count). The Kier molecular flexibility index (Phi) is 3.86. The lowest BCUT2D eigenvalue weighted by atomic mass is 10.1. The topological polar surface area (TPSA) is 37.8 Å². The number of aromatic nitrogens is 2. The van der Waals surface area contributed by atoms with Crippen molar-refractivity contribution in [3.05, 3.63) is 45.7 Å². The molecule has 0 fully saturated rings. The number of nitrogens with one attached hydrogen (secondary N) is 1. The largest absolute Gasteiger partial charge is 0.304 e. The van der Waals surface area contributed by atoms with Crippen molar-refractivity contribution in [1.29, 1.82) is 0 Å². The minimum absolute atomic E-state index is 0.299. The molecule has 0 radical (unpaired) electrons. The Bertz CT molecular complexity index is 459. The van der Waals surface area contributed by atoms with E-state index in [1.807, 2.05) is 12.3 Å². The number of hydrogen-bond donors (Lipinski definition) is 1. The first-order chi connectivity index (χ1) is 8.16. The van der Waals surface area contributed by atoms with E-state index in [9.17, 15) is 0 Å². The lowest BCUT2D eigenvalue weighted by molar-refractivity contribution is 0.571. The van der Waals surface area contributed by atoms with E-state index < -0.39 is 0 Å². The van der Waals surface area contributed by atoms with Crippen LogP contribution in [0.3, 0.4) is 0 Å². The zero-order valence-electron chi connectivity index (χ0n) is 10.4. The summed E-state index contributed by atoms with van der Waals surface area (Å²) >= 11 is 1.76. The molecule has 90 valence electrons. The fourth-order valence-corrected chi connectivity index (χ4v) is 2.49. The zero-order valence-corrected chi connectivity index (χ0v) is 11.2. The van der Waals surface area contributed by atoms with Crippen molar-refractivity contribution in [2.45, 2.75) is 33.4 Å². The van der Waals surface area contributed by atoms with Crippen LogP contribution in [-0.4, -0.2) is 9.97 Å². The maximum Gasteiger partial charge on any atom is 0.107 e. The van der Waals surface area contributed by atoms with Gasteiger partial charge >= 0.3 is 0 Å². The van der Waals surface area contributed by atoms with E-state index in [1.165, 1.54) is 10.4 Å². The predicted molar refractivity (Wildman–Crippen MR) is 71.1 cm³/mol. The second kappa shape index (κ2) is 5.38. The number of rotatable bonds is 4. The number of pyridine rings is 1. The molecule has 2 aromatic rings. The second-order valence-corrected chi connectivity index (χ2v) is 5.43. The summed E-state index contributed by atoms with van der Waals surface area (Å²) in [5, 5.41) is 4.61. The van der Waals surface area contributed by atoms with Gasteiger partial charge in [0.1, 0.15) is 5.01 Å². The van der Waals surface area contributed by atoms with Gasteiger partial charge in [-0.1, -0.05) is 6.07 Å². The summed E-state index contributed by atoms with van der Waals surface area (Å²) in [6.07, 6.45) is 3.69. The molecule has 0 saturated carbocycles. The molecule has 0 saturated heterocycles. The van der Waals surface area contributed by atoms with E-state index in [0.717, 1.165) is 17.2 Å². The molecule has 0 aliphatic carbocycles. The van der Waals surface area contributed by atoms with Crippen molar-refractivity contribution >= 4 is 11.3 Å². The predicted octanol–water partition coefficient (Wildman–Crippen LogP) is 3.01. The Morgan fingerprint density at radius 1 is 1.41 bits per heavy atom. The SMILES string of the molecule is Cc1nc(CN[C@H](C)c2cccnc2)sc1C. The first kappa shape index (κ1) is 12.2. The number of thiazole rings is 1. The third-order valence-electron chi connectivity index (χ3n) is 2.82. The fraction of sp³-hybridized carbons (Fsp3) is 0.385. The first-order valence-corrected chi connectivity index (χ1v) is 6.54. The molecule has 0 bridgehead atoms. The normalized spacial score (nSPS) is 12.6. The zero-order chi connectivity index (χ0) is 12.3. The van der Waals surface area contributed by atoms with Gasteiger partial charge in [-0.25, -0.2) is 4.98 Å². The summed E-state index contributed by atoms with van der Waals surface area (Å²) in [5.41, 5.74) is 2.35. The van der Waals surface area contributed by atoms with Gasteiger partial charge in [0, 0.05) is 29.9 Å². The van der Waals surface area contributed by atoms with Crippen LogP contribution in [0, 0.1) is 13.8 Å². The highest BCUT2D eigenvalue weighted by Gasteiger charge is 2.07. The van der Waals surface area contributed by atoms with E-state index in [-0.39, 0.29) is 0 Å². The van der Waals surface area contributed by atoms with Crippen molar-refractivity contribution in [3.63, 3.8) is 0 Å². The van der Waals surface area contributed by atoms with Gasteiger partial charge in [-0.15, -0.1) is 11.3 Å². The van der Waals surface area contributed by atoms with Gasteiger partial charge < -0.3 is 5.32 Å². The summed E-state index contributed by atoms with van der Waals surface area (Å²) < 4.78 is 0. The molecule has 3 nitrogen and oxygen atoms in total. The van der Waals surface area contributed by atoms with Gasteiger partial charge in [0.15, 0.2) is 0 Å². The molecule has 1 N–H and O–H groups in total. The van der Waals surface area contributed by atoms with Crippen molar-refractivity contribution in [2.24, 2.45) is 0 Å². The molecule has 17 heavy (non-hydrogen) atoms. The minimum atomic E-state index is 0.299. The van der Waals surface area contributed by atoms with Crippen LogP contribution in [0.25, 0.3) is 0 Å². The Morgan fingerprint density at radius 2 is 2.24 bits per heavy atom. The molecule has 2 heterocycles. The molecular formula is C13H17N3S. The van der Waals surface area contributed by atoms with Crippen LogP contribution >= 0.6 is 11.3 Å². The summed E-state index contributed by atoms with van der Waals surface area (Å²) in [4.78, 5) is 9.94. The minimum Gasteiger partial charge on any atom is -0.304 e. The lowest BCUT2D eigenvalue weighted by Gasteiger charge is -2.12. The number of nitrogens with zero attached hydrogens (tertiary/aromatic N) is 2. The molecule has 1 atom stereocenters. The Hall–Kier alpha value is -1.26. The molecule has 0 spiro atoms. The van der Waals surface area contributed by atoms with Crippen LogP contribution in [0.1, 0.15) is 34.1 Å². The fourth-order valence-electron chi connectivity index (χ4n) is 1.61. The van der Waals surface area contributed by atoms with Gasteiger partial charge in [0.2, 0.25) is 0 Å². The molecule has 4 heteroatoms. The summed E-state index contributed by atoms with van der Waals surface area (Å²) in [7, 11) is 0. The summed E-state index contributed by atoms with van der Waals surface area (Å²) in [5.74, 6) is 0. The smallest absolute Gasteiger partial charge is 0.107 e. The van der Waals surface area contributed by atoms with E-state index in [0.29, 0.717) is 6.04 Å². The quantitative estimate of drug-likeness (QED) is 0.902. The average molecular weight is 247 g/mol. The highest BCUT2D eigenvalue weighted by Crippen LogP contribution is 2.17. The van der Waals surface area contributed by atoms with Gasteiger partial charge in [-0.05, 0) is 32.4 Å². The van der Waals surface area contributed by atoms with E-state index in [2.05, 4.69) is 42.1 Å². The van der Waals surface area contributed by atoms with Crippen molar-refractivity contribution in [3.8, 4) is 0 Å². The van der Waals surface area contributed by atoms with Crippen molar-refractivity contribution < 1.29 is 0 Å². The standard InChI is InChI=1S/C13H17N3S/c1-9-11(3)17-13(16-9)8-15-10(2)12-5-4-6-14-7-12/h4-7,10,15H,8H2,1-3H3/t10-/m1/s1. The molecule has 0 amide bonds. The molecule has 0 aromatic carbocycles. The highest BCUT2D eigenvalue weighted by atomic mass is 32.1. The number of hydrogen-bond acceptors (Lipinski definition) is 4. The van der Waals surface area contributed by atoms with Gasteiger partial charge in [-0.3, -0.25) is 4.98 Å². The van der Waals surface area contributed by atoms with Crippen LogP contribution in [-0.2, 0) is 6.54 Å². The third kappa shape index (κ3) is 3.11. The molecule has 2 aromatic heterocycles. The Morgan fingerprint density at radius 3 is 2.82 bits per heavy atom. The summed E-state index contributed by atoms with van der Waals surface area (Å²) in [6.45, 7) is 7.13. The monoisotopic (exact) mass is 247 g/mol. The second-order valence-electron chi connectivity index (χ2n) is 4.14. The van der Waals surface area contributed by atoms with Crippen LogP contribution < -0.4 is 5.32 Å². The van der Waals surface area contributed by atoms with Crippen LogP contribution in [0.15, 0.2) is 24.5 Å². The van der Waals surface area contributed by atoms with E-state index in [4.69, 9.17) is 0 Å². The van der Waals surface area contributed by atoms with Crippen LogP contribution in [0.5, 0.6) is 0 Å². The number of aryl methyl sites for hydroxylation is 2.